The predicted molar refractivity (Wildman–Crippen MR) is 144 cm³/mol. The van der Waals surface area contributed by atoms with Gasteiger partial charge in [0.2, 0.25) is 11.8 Å². The molecule has 184 valence electrons. The summed E-state index contributed by atoms with van der Waals surface area (Å²) < 4.78 is 0. The highest BCUT2D eigenvalue weighted by atomic mass is 35.5. The van der Waals surface area contributed by atoms with Gasteiger partial charge in [0.05, 0.1) is 6.42 Å². The molecule has 0 bridgehead atoms. The molecule has 4 nitrogen and oxygen atoms in total. The third-order valence-corrected chi connectivity index (χ3v) is 6.80. The van der Waals surface area contributed by atoms with Gasteiger partial charge in [-0.05, 0) is 42.2 Å². The van der Waals surface area contributed by atoms with Crippen LogP contribution in [0.15, 0.2) is 72.8 Å². The molecule has 1 atom stereocenters. The van der Waals surface area contributed by atoms with E-state index in [2.05, 4.69) is 12.2 Å². The SMILES string of the molecule is CCCCNC(=O)C(Cc1ccccc1)N(Cc1c(Cl)cccc1Cl)C(=O)Cc1ccccc1C. The Morgan fingerprint density at radius 2 is 1.57 bits per heavy atom. The smallest absolute Gasteiger partial charge is 0.243 e. The number of hydrogen-bond donors (Lipinski definition) is 1. The summed E-state index contributed by atoms with van der Waals surface area (Å²) in [4.78, 5) is 28.9. The molecule has 0 fully saturated rings. The predicted octanol–water partition coefficient (Wildman–Crippen LogP) is 6.40. The van der Waals surface area contributed by atoms with Crippen molar-refractivity contribution in [3.8, 4) is 0 Å². The van der Waals surface area contributed by atoms with Crippen LogP contribution in [0.2, 0.25) is 10.0 Å². The van der Waals surface area contributed by atoms with Crippen molar-refractivity contribution in [2.75, 3.05) is 6.54 Å². The van der Waals surface area contributed by atoms with Crippen LogP contribution in [0.4, 0.5) is 0 Å². The monoisotopic (exact) mass is 510 g/mol. The molecule has 0 saturated carbocycles. The van der Waals surface area contributed by atoms with Crippen molar-refractivity contribution < 1.29 is 9.59 Å². The maximum atomic E-state index is 13.8. The van der Waals surface area contributed by atoms with E-state index >= 15 is 0 Å². The highest BCUT2D eigenvalue weighted by molar-refractivity contribution is 6.36. The topological polar surface area (TPSA) is 49.4 Å². The summed E-state index contributed by atoms with van der Waals surface area (Å²) in [5, 5.41) is 3.97. The highest BCUT2D eigenvalue weighted by Crippen LogP contribution is 2.27. The van der Waals surface area contributed by atoms with Crippen LogP contribution in [-0.2, 0) is 29.0 Å². The highest BCUT2D eigenvalue weighted by Gasteiger charge is 2.31. The fraction of sp³-hybridized carbons (Fsp3) is 0.310. The molecule has 0 saturated heterocycles. The molecule has 0 radical (unpaired) electrons. The molecule has 3 aromatic carbocycles. The number of rotatable bonds is 11. The molecule has 6 heteroatoms. The van der Waals surface area contributed by atoms with Crippen LogP contribution in [-0.4, -0.2) is 29.3 Å². The maximum absolute atomic E-state index is 13.8. The van der Waals surface area contributed by atoms with Crippen LogP contribution in [0, 0.1) is 6.92 Å². The maximum Gasteiger partial charge on any atom is 0.243 e. The lowest BCUT2D eigenvalue weighted by molar-refractivity contribution is -0.140. The molecule has 0 aromatic heterocycles. The van der Waals surface area contributed by atoms with Gasteiger partial charge < -0.3 is 10.2 Å². The van der Waals surface area contributed by atoms with E-state index in [1.165, 1.54) is 0 Å². The molecule has 0 aliphatic rings. The fourth-order valence-corrected chi connectivity index (χ4v) is 4.50. The van der Waals surface area contributed by atoms with E-state index in [1.54, 1.807) is 23.1 Å². The van der Waals surface area contributed by atoms with Gasteiger partial charge in [0.15, 0.2) is 0 Å². The summed E-state index contributed by atoms with van der Waals surface area (Å²) in [6.45, 7) is 4.76. The Morgan fingerprint density at radius 3 is 2.23 bits per heavy atom. The van der Waals surface area contributed by atoms with E-state index in [9.17, 15) is 9.59 Å². The summed E-state index contributed by atoms with van der Waals surface area (Å²) in [6.07, 6.45) is 2.41. The van der Waals surface area contributed by atoms with Crippen LogP contribution < -0.4 is 5.32 Å². The summed E-state index contributed by atoms with van der Waals surface area (Å²) in [7, 11) is 0. The zero-order valence-electron chi connectivity index (χ0n) is 20.3. The number of nitrogens with zero attached hydrogens (tertiary/aromatic N) is 1. The number of benzene rings is 3. The largest absolute Gasteiger partial charge is 0.354 e. The van der Waals surface area contributed by atoms with Gasteiger partial charge in [0.1, 0.15) is 6.04 Å². The Hall–Kier alpha value is -2.82. The van der Waals surface area contributed by atoms with Crippen molar-refractivity contribution in [2.24, 2.45) is 0 Å². The number of unbranched alkanes of at least 4 members (excludes halogenated alkanes) is 1. The molecular formula is C29H32Cl2N2O2. The molecule has 35 heavy (non-hydrogen) atoms. The lowest BCUT2D eigenvalue weighted by Gasteiger charge is -2.32. The Balaban J connectivity index is 2.00. The average Bonchev–Trinajstić information content (AvgIpc) is 2.85. The first-order valence-corrected chi connectivity index (χ1v) is 12.7. The van der Waals surface area contributed by atoms with Gasteiger partial charge in [-0.3, -0.25) is 9.59 Å². The number of aryl methyl sites for hydroxylation is 1. The Labute approximate surface area is 218 Å². The first-order chi connectivity index (χ1) is 16.9. The quantitative estimate of drug-likeness (QED) is 0.303. The normalized spacial score (nSPS) is 11.7. The van der Waals surface area contributed by atoms with E-state index in [0.717, 1.165) is 29.5 Å². The summed E-state index contributed by atoms with van der Waals surface area (Å²) in [6, 6.07) is 22.1. The molecule has 3 rings (SSSR count). The number of carbonyl (C=O) groups is 2. The van der Waals surface area contributed by atoms with Gasteiger partial charge in [0.25, 0.3) is 0 Å². The molecule has 0 heterocycles. The first kappa shape index (κ1) is 26.8. The van der Waals surface area contributed by atoms with Gasteiger partial charge in [-0.15, -0.1) is 0 Å². The van der Waals surface area contributed by atoms with Crippen molar-refractivity contribution >= 4 is 35.0 Å². The number of carbonyl (C=O) groups excluding carboxylic acids is 2. The van der Waals surface area contributed by atoms with Crippen molar-refractivity contribution in [3.63, 3.8) is 0 Å². The molecule has 2 amide bonds. The number of halogens is 2. The van der Waals surface area contributed by atoms with Crippen molar-refractivity contribution in [3.05, 3.63) is 105 Å². The van der Waals surface area contributed by atoms with Gasteiger partial charge in [-0.1, -0.05) is 97.2 Å². The van der Waals surface area contributed by atoms with Crippen molar-refractivity contribution in [1.82, 2.24) is 10.2 Å². The minimum atomic E-state index is -0.710. The van der Waals surface area contributed by atoms with Gasteiger partial charge in [-0.25, -0.2) is 0 Å². The second-order valence-corrected chi connectivity index (χ2v) is 9.49. The lowest BCUT2D eigenvalue weighted by atomic mass is 10.00. The third-order valence-electron chi connectivity index (χ3n) is 6.09. The van der Waals surface area contributed by atoms with E-state index in [-0.39, 0.29) is 24.8 Å². The molecule has 0 aliphatic heterocycles. The summed E-state index contributed by atoms with van der Waals surface area (Å²) in [5.74, 6) is -0.328. The van der Waals surface area contributed by atoms with E-state index in [1.807, 2.05) is 61.5 Å². The molecule has 0 aliphatic carbocycles. The molecule has 3 aromatic rings. The minimum Gasteiger partial charge on any atom is -0.354 e. The molecule has 1 N–H and O–H groups in total. The second-order valence-electron chi connectivity index (χ2n) is 8.68. The molecule has 1 unspecified atom stereocenters. The lowest BCUT2D eigenvalue weighted by Crippen LogP contribution is -2.51. The van der Waals surface area contributed by atoms with Gasteiger partial charge >= 0.3 is 0 Å². The summed E-state index contributed by atoms with van der Waals surface area (Å²) >= 11 is 13.0. The van der Waals surface area contributed by atoms with Crippen LogP contribution >= 0.6 is 23.2 Å². The van der Waals surface area contributed by atoms with Crippen molar-refractivity contribution in [1.29, 1.82) is 0 Å². The van der Waals surface area contributed by atoms with Crippen molar-refractivity contribution in [2.45, 2.75) is 52.1 Å². The third kappa shape index (κ3) is 7.58. The minimum absolute atomic E-state index is 0.141. The number of nitrogens with one attached hydrogen (secondary N) is 1. The van der Waals surface area contributed by atoms with Crippen LogP contribution in [0.25, 0.3) is 0 Å². The Morgan fingerprint density at radius 1 is 0.914 bits per heavy atom. The van der Waals surface area contributed by atoms with E-state index in [0.29, 0.717) is 28.6 Å². The summed E-state index contributed by atoms with van der Waals surface area (Å²) in [5.41, 5.74) is 3.57. The van der Waals surface area contributed by atoms with Crippen LogP contribution in [0.1, 0.15) is 42.0 Å². The van der Waals surface area contributed by atoms with Gasteiger partial charge in [-0.2, -0.15) is 0 Å². The number of hydrogen-bond acceptors (Lipinski definition) is 2. The van der Waals surface area contributed by atoms with Crippen LogP contribution in [0.5, 0.6) is 0 Å². The Bertz CT molecular complexity index is 1110. The standard InChI is InChI=1S/C29H32Cl2N2O2/c1-3-4-17-32-29(35)27(18-22-12-6-5-7-13-22)33(20-24-25(30)15-10-16-26(24)31)28(34)19-23-14-9-8-11-21(23)2/h5-16,27H,3-4,17-20H2,1-2H3,(H,32,35). The number of amides is 2. The zero-order chi connectivity index (χ0) is 25.2. The molecular weight excluding hydrogens is 479 g/mol. The van der Waals surface area contributed by atoms with E-state index in [4.69, 9.17) is 23.2 Å². The zero-order valence-corrected chi connectivity index (χ0v) is 21.8. The Kier molecular flexibility index (Phi) is 10.2. The molecule has 0 spiro atoms. The van der Waals surface area contributed by atoms with Crippen LogP contribution in [0.3, 0.4) is 0 Å². The average molecular weight is 511 g/mol. The fourth-order valence-electron chi connectivity index (χ4n) is 3.99. The second kappa shape index (κ2) is 13.3. The van der Waals surface area contributed by atoms with Gasteiger partial charge in [0, 0.05) is 35.1 Å². The van der Waals surface area contributed by atoms with E-state index < -0.39 is 6.04 Å². The first-order valence-electron chi connectivity index (χ1n) is 12.0.